The molecule has 2 aromatic heterocycles. The van der Waals surface area contributed by atoms with Crippen molar-refractivity contribution in [1.29, 1.82) is 0 Å². The van der Waals surface area contributed by atoms with Crippen LogP contribution in [-0.2, 0) is 0 Å². The maximum absolute atomic E-state index is 4.60. The Labute approximate surface area is 158 Å². The molecule has 27 heavy (non-hydrogen) atoms. The van der Waals surface area contributed by atoms with Crippen molar-refractivity contribution in [2.24, 2.45) is 0 Å². The zero-order chi connectivity index (χ0) is 18.1. The second kappa shape index (κ2) is 6.98. The van der Waals surface area contributed by atoms with Crippen molar-refractivity contribution in [3.05, 3.63) is 43.0 Å². The molecule has 0 spiro atoms. The Morgan fingerprint density at radius 3 is 2.22 bits per heavy atom. The van der Waals surface area contributed by atoms with Gasteiger partial charge >= 0.3 is 0 Å². The molecular weight excluding hydrogens is 338 g/mol. The average Bonchev–Trinajstić information content (AvgIpc) is 3.28. The van der Waals surface area contributed by atoms with Gasteiger partial charge in [0.25, 0.3) is 0 Å². The van der Waals surface area contributed by atoms with Crippen molar-refractivity contribution in [3.8, 4) is 0 Å². The summed E-state index contributed by atoms with van der Waals surface area (Å²) in [6, 6.07) is 8.42. The van der Waals surface area contributed by atoms with Crippen LogP contribution >= 0.6 is 0 Å². The zero-order valence-electron chi connectivity index (χ0n) is 15.3. The van der Waals surface area contributed by atoms with Gasteiger partial charge in [-0.05, 0) is 37.1 Å². The lowest BCUT2D eigenvalue weighted by atomic mass is 10.1. The van der Waals surface area contributed by atoms with Gasteiger partial charge in [0.2, 0.25) is 5.95 Å². The quantitative estimate of drug-likeness (QED) is 0.709. The Kier molecular flexibility index (Phi) is 4.20. The van der Waals surface area contributed by atoms with Crippen LogP contribution in [0.25, 0.3) is 10.9 Å². The second-order valence-corrected chi connectivity index (χ2v) is 7.12. The summed E-state index contributed by atoms with van der Waals surface area (Å²) >= 11 is 0. The van der Waals surface area contributed by atoms with Crippen LogP contribution in [0.5, 0.6) is 0 Å². The Morgan fingerprint density at radius 1 is 0.704 bits per heavy atom. The van der Waals surface area contributed by atoms with Gasteiger partial charge in [0.1, 0.15) is 12.1 Å². The molecule has 0 atom stereocenters. The normalized spacial score (nSPS) is 17.7. The van der Waals surface area contributed by atoms with E-state index in [0.29, 0.717) is 0 Å². The number of piperazine rings is 1. The van der Waals surface area contributed by atoms with Crippen LogP contribution in [0.4, 0.5) is 17.5 Å². The fourth-order valence-corrected chi connectivity index (χ4v) is 4.03. The molecule has 0 saturated carbocycles. The molecule has 5 rings (SSSR count). The molecule has 2 aliphatic heterocycles. The third-order valence-corrected chi connectivity index (χ3v) is 5.48. The molecule has 2 saturated heterocycles. The SMILES string of the molecule is c1cnc(N2CCN(c3ccc4ncnc(N5CCCC5)c4c3)CC2)nc1. The standard InChI is InChI=1S/C20H23N7/c1-2-9-26(8-1)19-17-14-16(4-5-18(17)23-15-24-19)25-10-12-27(13-11-25)20-21-6-3-7-22-20/h3-7,14-15H,1-2,8-13H2. The molecule has 0 radical (unpaired) electrons. The fourth-order valence-electron chi connectivity index (χ4n) is 4.03. The predicted octanol–water partition coefficient (Wildman–Crippen LogP) is 2.35. The number of hydrogen-bond donors (Lipinski definition) is 0. The van der Waals surface area contributed by atoms with Crippen LogP contribution in [0, 0.1) is 0 Å². The minimum Gasteiger partial charge on any atom is -0.368 e. The minimum absolute atomic E-state index is 0.820. The molecule has 0 unspecified atom stereocenters. The molecular formula is C20H23N7. The van der Waals surface area contributed by atoms with Gasteiger partial charge in [-0.25, -0.2) is 19.9 Å². The van der Waals surface area contributed by atoms with Gasteiger partial charge in [0.05, 0.1) is 5.52 Å². The maximum atomic E-state index is 4.60. The molecule has 4 heterocycles. The third kappa shape index (κ3) is 3.13. The summed E-state index contributed by atoms with van der Waals surface area (Å²) in [5.74, 6) is 1.90. The van der Waals surface area contributed by atoms with Crippen LogP contribution in [0.3, 0.4) is 0 Å². The number of anilines is 3. The lowest BCUT2D eigenvalue weighted by Gasteiger charge is -2.36. The van der Waals surface area contributed by atoms with E-state index in [1.165, 1.54) is 18.5 Å². The van der Waals surface area contributed by atoms with Crippen molar-refractivity contribution in [3.63, 3.8) is 0 Å². The third-order valence-electron chi connectivity index (χ3n) is 5.48. The number of nitrogens with zero attached hydrogens (tertiary/aromatic N) is 7. The highest BCUT2D eigenvalue weighted by Crippen LogP contribution is 2.30. The summed E-state index contributed by atoms with van der Waals surface area (Å²) in [6.45, 7) is 5.93. The number of benzene rings is 1. The first-order valence-corrected chi connectivity index (χ1v) is 9.65. The first kappa shape index (κ1) is 16.2. The molecule has 2 fully saturated rings. The van der Waals surface area contributed by atoms with Gasteiger partial charge in [-0.1, -0.05) is 0 Å². The summed E-state index contributed by atoms with van der Waals surface area (Å²) in [5.41, 5.74) is 2.26. The van der Waals surface area contributed by atoms with E-state index < -0.39 is 0 Å². The zero-order valence-corrected chi connectivity index (χ0v) is 15.3. The highest BCUT2D eigenvalue weighted by molar-refractivity contribution is 5.92. The minimum atomic E-state index is 0.820. The van der Waals surface area contributed by atoms with Gasteiger partial charge < -0.3 is 14.7 Å². The van der Waals surface area contributed by atoms with E-state index in [4.69, 9.17) is 0 Å². The lowest BCUT2D eigenvalue weighted by Crippen LogP contribution is -2.47. The number of rotatable bonds is 3. The van der Waals surface area contributed by atoms with E-state index >= 15 is 0 Å². The maximum Gasteiger partial charge on any atom is 0.225 e. The van der Waals surface area contributed by atoms with Gasteiger partial charge in [-0.2, -0.15) is 0 Å². The Hall–Kier alpha value is -2.96. The van der Waals surface area contributed by atoms with Crippen molar-refractivity contribution < 1.29 is 0 Å². The molecule has 7 nitrogen and oxygen atoms in total. The topological polar surface area (TPSA) is 61.3 Å². The summed E-state index contributed by atoms with van der Waals surface area (Å²) in [5, 5.41) is 1.16. The lowest BCUT2D eigenvalue weighted by molar-refractivity contribution is 0.640. The molecule has 138 valence electrons. The highest BCUT2D eigenvalue weighted by Gasteiger charge is 2.21. The first-order valence-electron chi connectivity index (χ1n) is 9.65. The van der Waals surface area contributed by atoms with Crippen molar-refractivity contribution in [2.75, 3.05) is 54.0 Å². The van der Waals surface area contributed by atoms with Gasteiger partial charge in [0, 0.05) is 62.7 Å². The molecule has 0 aliphatic carbocycles. The van der Waals surface area contributed by atoms with E-state index in [2.05, 4.69) is 52.8 Å². The predicted molar refractivity (Wildman–Crippen MR) is 107 cm³/mol. The largest absolute Gasteiger partial charge is 0.368 e. The molecule has 0 amide bonds. The van der Waals surface area contributed by atoms with Crippen molar-refractivity contribution in [1.82, 2.24) is 19.9 Å². The second-order valence-electron chi connectivity index (χ2n) is 7.12. The molecule has 1 aromatic carbocycles. The van der Waals surface area contributed by atoms with E-state index in [1.54, 1.807) is 18.7 Å². The summed E-state index contributed by atoms with van der Waals surface area (Å²) in [6.07, 6.45) is 7.79. The molecule has 0 N–H and O–H groups in total. The van der Waals surface area contributed by atoms with Crippen LogP contribution in [0.15, 0.2) is 43.0 Å². The van der Waals surface area contributed by atoms with Crippen LogP contribution in [0.1, 0.15) is 12.8 Å². The van der Waals surface area contributed by atoms with Crippen molar-refractivity contribution >= 4 is 28.4 Å². The average molecular weight is 361 g/mol. The molecule has 7 heteroatoms. The summed E-state index contributed by atoms with van der Waals surface area (Å²) in [4.78, 5) is 24.9. The Balaban J connectivity index is 1.38. The van der Waals surface area contributed by atoms with E-state index in [0.717, 1.165) is 61.9 Å². The molecule has 3 aromatic rings. The fraction of sp³-hybridized carbons (Fsp3) is 0.400. The first-order chi connectivity index (χ1) is 13.4. The monoisotopic (exact) mass is 361 g/mol. The summed E-state index contributed by atoms with van der Waals surface area (Å²) in [7, 11) is 0. The molecule has 2 aliphatic rings. The van der Waals surface area contributed by atoms with E-state index in [9.17, 15) is 0 Å². The van der Waals surface area contributed by atoms with Crippen LogP contribution in [0.2, 0.25) is 0 Å². The van der Waals surface area contributed by atoms with Gasteiger partial charge in [-0.15, -0.1) is 0 Å². The van der Waals surface area contributed by atoms with Gasteiger partial charge in [-0.3, -0.25) is 0 Å². The number of aromatic nitrogens is 4. The van der Waals surface area contributed by atoms with Crippen LogP contribution in [-0.4, -0.2) is 59.2 Å². The smallest absolute Gasteiger partial charge is 0.225 e. The highest BCUT2D eigenvalue weighted by atomic mass is 15.3. The number of fused-ring (bicyclic) bond motifs is 1. The van der Waals surface area contributed by atoms with Crippen LogP contribution < -0.4 is 14.7 Å². The molecule has 0 bridgehead atoms. The van der Waals surface area contributed by atoms with E-state index in [-0.39, 0.29) is 0 Å². The van der Waals surface area contributed by atoms with Crippen molar-refractivity contribution in [2.45, 2.75) is 12.8 Å². The van der Waals surface area contributed by atoms with E-state index in [1.807, 2.05) is 6.07 Å². The number of hydrogen-bond acceptors (Lipinski definition) is 7. The van der Waals surface area contributed by atoms with Gasteiger partial charge in [0.15, 0.2) is 0 Å². The Bertz CT molecular complexity index is 916. The summed E-state index contributed by atoms with van der Waals surface area (Å²) < 4.78 is 0. The Morgan fingerprint density at radius 2 is 1.44 bits per heavy atom.